The van der Waals surface area contributed by atoms with E-state index < -0.39 is 4.92 Å². The Morgan fingerprint density at radius 3 is 2.53 bits per heavy atom. The molecule has 5 rings (SSSR count). The summed E-state index contributed by atoms with van der Waals surface area (Å²) in [7, 11) is 0. The number of nitrogens with zero attached hydrogens (tertiary/aromatic N) is 8. The SMILES string of the molecule is CCOC(=O)c1ccc(N2CCN(c3nccc(N4CCOc5nc([N+](=O)[O-])cn5C4)n3)CC2)cc1. The van der Waals surface area contributed by atoms with Gasteiger partial charge in [0.25, 0.3) is 0 Å². The van der Waals surface area contributed by atoms with Crippen molar-refractivity contribution < 1.29 is 19.2 Å². The Morgan fingerprint density at radius 1 is 1.06 bits per heavy atom. The van der Waals surface area contributed by atoms with Gasteiger partial charge in [-0.05, 0) is 42.2 Å². The van der Waals surface area contributed by atoms with Gasteiger partial charge in [0.15, 0.2) is 0 Å². The predicted molar refractivity (Wildman–Crippen MR) is 131 cm³/mol. The summed E-state index contributed by atoms with van der Waals surface area (Å²) in [6, 6.07) is 9.50. The van der Waals surface area contributed by atoms with E-state index in [-0.39, 0.29) is 17.8 Å². The molecule has 1 saturated heterocycles. The zero-order chi connectivity index (χ0) is 25.1. The molecule has 0 unspecified atom stereocenters. The highest BCUT2D eigenvalue weighted by atomic mass is 16.6. The first-order valence-electron chi connectivity index (χ1n) is 11.7. The first kappa shape index (κ1) is 23.3. The van der Waals surface area contributed by atoms with Gasteiger partial charge in [-0.15, -0.1) is 0 Å². The Morgan fingerprint density at radius 2 is 1.81 bits per heavy atom. The van der Waals surface area contributed by atoms with Gasteiger partial charge in [0.2, 0.25) is 5.95 Å². The topological polar surface area (TPSA) is 132 Å². The van der Waals surface area contributed by atoms with Crippen LogP contribution in [0.1, 0.15) is 17.3 Å². The number of aromatic nitrogens is 4. The zero-order valence-electron chi connectivity index (χ0n) is 19.8. The molecule has 4 heterocycles. The van der Waals surface area contributed by atoms with Gasteiger partial charge in [-0.3, -0.25) is 4.57 Å². The largest absolute Gasteiger partial charge is 0.462 e. The fraction of sp³-hybridized carbons (Fsp3) is 0.391. The van der Waals surface area contributed by atoms with Crippen LogP contribution >= 0.6 is 0 Å². The number of hydrogen-bond donors (Lipinski definition) is 0. The Kier molecular flexibility index (Phi) is 6.52. The van der Waals surface area contributed by atoms with E-state index in [1.165, 1.54) is 6.20 Å². The molecule has 0 radical (unpaired) electrons. The second-order valence-electron chi connectivity index (χ2n) is 8.32. The Labute approximate surface area is 207 Å². The average molecular weight is 495 g/mol. The van der Waals surface area contributed by atoms with Gasteiger partial charge < -0.3 is 34.3 Å². The summed E-state index contributed by atoms with van der Waals surface area (Å²) >= 11 is 0. The number of ether oxygens (including phenoxy) is 2. The molecule has 1 fully saturated rings. The van der Waals surface area contributed by atoms with E-state index in [0.29, 0.717) is 43.8 Å². The molecule has 1 aromatic carbocycles. The highest BCUT2D eigenvalue weighted by Gasteiger charge is 2.26. The standard InChI is InChI=1S/C23H26N8O5/c1-2-35-21(32)17-3-5-18(6-4-17)27-9-11-28(12-10-27)22-24-8-7-19(25-22)29-13-14-36-23-26-20(31(33)34)15-30(23)16-29/h3-8,15H,2,9-14,16H2,1H3. The van der Waals surface area contributed by atoms with Crippen molar-refractivity contribution in [1.29, 1.82) is 0 Å². The van der Waals surface area contributed by atoms with Crippen molar-refractivity contribution >= 4 is 29.2 Å². The third-order valence-corrected chi connectivity index (χ3v) is 6.09. The van der Waals surface area contributed by atoms with E-state index >= 15 is 0 Å². The van der Waals surface area contributed by atoms with Crippen LogP contribution in [0.5, 0.6) is 6.01 Å². The maximum Gasteiger partial charge on any atom is 0.415 e. The number of fused-ring (bicyclic) bond motifs is 1. The summed E-state index contributed by atoms with van der Waals surface area (Å²) in [6.45, 7) is 6.42. The van der Waals surface area contributed by atoms with Gasteiger partial charge in [-0.2, -0.15) is 4.98 Å². The molecular weight excluding hydrogens is 468 g/mol. The first-order valence-corrected chi connectivity index (χ1v) is 11.7. The van der Waals surface area contributed by atoms with Crippen molar-refractivity contribution in [2.45, 2.75) is 13.6 Å². The monoisotopic (exact) mass is 494 g/mol. The third kappa shape index (κ3) is 4.85. The first-order chi connectivity index (χ1) is 17.5. The summed E-state index contributed by atoms with van der Waals surface area (Å²) in [5.74, 6) is 0.782. The van der Waals surface area contributed by atoms with Crippen molar-refractivity contribution in [3.8, 4) is 6.01 Å². The van der Waals surface area contributed by atoms with Gasteiger partial charge in [-0.25, -0.2) is 9.78 Å². The number of nitro groups is 1. The number of esters is 1. The number of carbonyl (C=O) groups is 1. The van der Waals surface area contributed by atoms with Crippen LogP contribution in [0.3, 0.4) is 0 Å². The van der Waals surface area contributed by atoms with Crippen LogP contribution in [0.25, 0.3) is 0 Å². The van der Waals surface area contributed by atoms with Crippen LogP contribution in [0, 0.1) is 10.1 Å². The molecule has 13 nitrogen and oxygen atoms in total. The molecule has 0 N–H and O–H groups in total. The summed E-state index contributed by atoms with van der Waals surface area (Å²) < 4.78 is 12.2. The highest BCUT2D eigenvalue weighted by molar-refractivity contribution is 5.89. The van der Waals surface area contributed by atoms with Crippen LogP contribution in [0.2, 0.25) is 0 Å². The third-order valence-electron chi connectivity index (χ3n) is 6.09. The number of imidazole rings is 1. The Balaban J connectivity index is 1.23. The van der Waals surface area contributed by atoms with Crippen LogP contribution in [0.15, 0.2) is 42.7 Å². The second kappa shape index (κ2) is 10.1. The minimum Gasteiger partial charge on any atom is -0.462 e. The number of hydrogen-bond acceptors (Lipinski definition) is 11. The molecule has 0 saturated carbocycles. The van der Waals surface area contributed by atoms with E-state index in [2.05, 4.69) is 19.8 Å². The molecule has 3 aromatic rings. The number of carbonyl (C=O) groups excluding carboxylic acids is 1. The minimum absolute atomic E-state index is 0.227. The van der Waals surface area contributed by atoms with Crippen LogP contribution < -0.4 is 19.4 Å². The van der Waals surface area contributed by atoms with Crippen LogP contribution in [-0.4, -0.2) is 76.3 Å². The zero-order valence-corrected chi connectivity index (χ0v) is 19.8. The van der Waals surface area contributed by atoms with Crippen molar-refractivity contribution in [1.82, 2.24) is 19.5 Å². The van der Waals surface area contributed by atoms with Crippen molar-refractivity contribution in [3.05, 3.63) is 58.4 Å². The lowest BCUT2D eigenvalue weighted by Gasteiger charge is -2.36. The van der Waals surface area contributed by atoms with Gasteiger partial charge in [-0.1, -0.05) is 0 Å². The minimum atomic E-state index is -0.535. The molecule has 36 heavy (non-hydrogen) atoms. The van der Waals surface area contributed by atoms with Crippen LogP contribution in [-0.2, 0) is 11.4 Å². The fourth-order valence-corrected chi connectivity index (χ4v) is 4.23. The quantitative estimate of drug-likeness (QED) is 0.283. The molecule has 0 aliphatic carbocycles. The molecular formula is C23H26N8O5. The Bertz CT molecular complexity index is 1240. The van der Waals surface area contributed by atoms with Crippen molar-refractivity contribution in [2.75, 3.05) is 60.6 Å². The highest BCUT2D eigenvalue weighted by Crippen LogP contribution is 2.24. The number of benzene rings is 1. The lowest BCUT2D eigenvalue weighted by Crippen LogP contribution is -2.47. The molecule has 2 aromatic heterocycles. The second-order valence-corrected chi connectivity index (χ2v) is 8.32. The molecule has 0 amide bonds. The average Bonchev–Trinajstić information content (AvgIpc) is 3.21. The van der Waals surface area contributed by atoms with Gasteiger partial charge in [0.05, 0.1) is 18.7 Å². The lowest BCUT2D eigenvalue weighted by atomic mass is 10.2. The van der Waals surface area contributed by atoms with Gasteiger partial charge in [0, 0.05) is 43.0 Å². The smallest absolute Gasteiger partial charge is 0.415 e. The molecule has 0 spiro atoms. The maximum absolute atomic E-state index is 11.9. The molecule has 188 valence electrons. The van der Waals surface area contributed by atoms with E-state index in [4.69, 9.17) is 14.5 Å². The molecule has 13 heteroatoms. The predicted octanol–water partition coefficient (Wildman–Crippen LogP) is 1.94. The van der Waals surface area contributed by atoms with Crippen molar-refractivity contribution in [3.63, 3.8) is 0 Å². The summed E-state index contributed by atoms with van der Waals surface area (Å²) in [4.78, 5) is 42.0. The fourth-order valence-electron chi connectivity index (χ4n) is 4.23. The number of piperazine rings is 1. The van der Waals surface area contributed by atoms with Gasteiger partial charge in [0.1, 0.15) is 25.3 Å². The number of anilines is 3. The summed E-state index contributed by atoms with van der Waals surface area (Å²) in [5, 5.41) is 11.1. The maximum atomic E-state index is 11.9. The Hall–Kier alpha value is -4.42. The van der Waals surface area contributed by atoms with Crippen molar-refractivity contribution in [2.24, 2.45) is 0 Å². The molecule has 2 aliphatic heterocycles. The molecule has 2 aliphatic rings. The van der Waals surface area contributed by atoms with E-state index in [1.54, 1.807) is 29.8 Å². The molecule has 0 bridgehead atoms. The summed E-state index contributed by atoms with van der Waals surface area (Å²) in [5.41, 5.74) is 1.59. The summed E-state index contributed by atoms with van der Waals surface area (Å²) in [6.07, 6.45) is 3.09. The van der Waals surface area contributed by atoms with Gasteiger partial charge >= 0.3 is 17.8 Å². The normalized spacial score (nSPS) is 15.6. The lowest BCUT2D eigenvalue weighted by molar-refractivity contribution is -0.389. The van der Waals surface area contributed by atoms with E-state index in [1.807, 2.05) is 23.1 Å². The van der Waals surface area contributed by atoms with Crippen LogP contribution in [0.4, 0.5) is 23.3 Å². The van der Waals surface area contributed by atoms with E-state index in [9.17, 15) is 14.9 Å². The van der Waals surface area contributed by atoms with E-state index in [0.717, 1.165) is 31.9 Å². The molecule has 0 atom stereocenters. The number of rotatable bonds is 6.